The first-order valence-corrected chi connectivity index (χ1v) is 10.9. The Morgan fingerprint density at radius 3 is 2.45 bits per heavy atom. The largest absolute Gasteiger partial charge is 0.463 e. The summed E-state index contributed by atoms with van der Waals surface area (Å²) in [6.07, 6.45) is -0.626. The number of hydrogen-bond acceptors (Lipinski definition) is 6. The van der Waals surface area contributed by atoms with Crippen LogP contribution in [-0.4, -0.2) is 25.3 Å². The van der Waals surface area contributed by atoms with Gasteiger partial charge in [0.15, 0.2) is 5.85 Å². The minimum atomic E-state index is -3.54. The minimum Gasteiger partial charge on any atom is -0.463 e. The van der Waals surface area contributed by atoms with Gasteiger partial charge in [0.1, 0.15) is 17.6 Å². The van der Waals surface area contributed by atoms with Crippen molar-refractivity contribution in [3.8, 4) is 11.8 Å². The zero-order valence-electron chi connectivity index (χ0n) is 16.6. The predicted molar refractivity (Wildman–Crippen MR) is 106 cm³/mol. The van der Waals surface area contributed by atoms with Crippen LogP contribution in [0.2, 0.25) is 0 Å². The van der Waals surface area contributed by atoms with E-state index in [4.69, 9.17) is 18.5 Å². The maximum Gasteiger partial charge on any atom is 0.359 e. The lowest BCUT2D eigenvalue weighted by Crippen LogP contribution is -2.29. The maximum atomic E-state index is 13.4. The summed E-state index contributed by atoms with van der Waals surface area (Å²) in [4.78, 5) is 0. The van der Waals surface area contributed by atoms with Crippen molar-refractivity contribution in [1.29, 1.82) is 5.26 Å². The third-order valence-electron chi connectivity index (χ3n) is 3.91. The second-order valence-electron chi connectivity index (χ2n) is 6.02. The van der Waals surface area contributed by atoms with Crippen molar-refractivity contribution in [3.63, 3.8) is 0 Å². The van der Waals surface area contributed by atoms with Gasteiger partial charge >= 0.3 is 7.60 Å². The van der Waals surface area contributed by atoms with Gasteiger partial charge in [0.25, 0.3) is 0 Å². The van der Waals surface area contributed by atoms with Gasteiger partial charge in [0.05, 0.1) is 18.8 Å². The molecule has 155 valence electrons. The first-order valence-electron chi connectivity index (χ1n) is 9.28. The number of rotatable bonds is 11. The second-order valence-corrected chi connectivity index (χ2v) is 8.34. The molecular weight excluding hydrogens is 396 g/mol. The molecule has 2 atom stereocenters. The van der Waals surface area contributed by atoms with Crippen LogP contribution in [0.4, 0.5) is 4.39 Å². The van der Waals surface area contributed by atoms with E-state index in [-0.39, 0.29) is 24.5 Å². The second kappa shape index (κ2) is 11.1. The molecule has 0 aliphatic carbocycles. The summed E-state index contributed by atoms with van der Waals surface area (Å²) in [5.41, 5.74) is 0.908. The normalized spacial score (nSPS) is 13.5. The van der Waals surface area contributed by atoms with Crippen LogP contribution >= 0.6 is 7.60 Å². The Hall–Kier alpha value is -2.23. The molecular formula is C21H24FNO5P. The first-order chi connectivity index (χ1) is 13.9. The quantitative estimate of drug-likeness (QED) is 0.373. The van der Waals surface area contributed by atoms with Crippen LogP contribution in [0.15, 0.2) is 42.5 Å². The molecule has 29 heavy (non-hydrogen) atoms. The molecule has 0 saturated carbocycles. The number of halogens is 1. The van der Waals surface area contributed by atoms with Crippen LogP contribution in [0.25, 0.3) is 0 Å². The molecule has 1 radical (unpaired) electrons. The molecule has 0 fully saturated rings. The summed E-state index contributed by atoms with van der Waals surface area (Å²) in [6, 6.07) is 15.9. The first kappa shape index (κ1) is 23.1. The van der Waals surface area contributed by atoms with Gasteiger partial charge in [-0.2, -0.15) is 5.26 Å². The highest BCUT2D eigenvalue weighted by atomic mass is 31.2. The van der Waals surface area contributed by atoms with Crippen molar-refractivity contribution in [2.75, 3.05) is 13.2 Å². The number of benzene rings is 2. The van der Waals surface area contributed by atoms with E-state index in [0.717, 1.165) is 11.6 Å². The Balaban J connectivity index is 2.28. The van der Waals surface area contributed by atoms with E-state index in [9.17, 15) is 14.2 Å². The molecule has 0 aliphatic rings. The topological polar surface area (TPSA) is 77.8 Å². The molecule has 0 spiro atoms. The van der Waals surface area contributed by atoms with E-state index in [1.165, 1.54) is 6.07 Å². The third-order valence-corrected chi connectivity index (χ3v) is 6.16. The molecule has 0 N–H and O–H groups in total. The van der Waals surface area contributed by atoms with Gasteiger partial charge < -0.3 is 18.5 Å². The van der Waals surface area contributed by atoms with Gasteiger partial charge in [-0.25, -0.2) is 4.39 Å². The molecule has 2 aromatic carbocycles. The van der Waals surface area contributed by atoms with Crippen molar-refractivity contribution >= 4 is 7.60 Å². The van der Waals surface area contributed by atoms with Crippen LogP contribution in [0.5, 0.6) is 5.75 Å². The summed E-state index contributed by atoms with van der Waals surface area (Å²) in [6.45, 7) is 5.39. The number of hydrogen-bond donors (Lipinski definition) is 0. The molecule has 0 heterocycles. The van der Waals surface area contributed by atoms with Gasteiger partial charge in [-0.15, -0.1) is 0 Å². The molecule has 0 aromatic heterocycles. The summed E-state index contributed by atoms with van der Waals surface area (Å²) < 4.78 is 48.8. The van der Waals surface area contributed by atoms with Crippen molar-refractivity contribution in [3.05, 3.63) is 65.5 Å². The van der Waals surface area contributed by atoms with Gasteiger partial charge in [-0.1, -0.05) is 30.3 Å². The molecule has 2 rings (SSSR count). The SMILES string of the molecule is CCOP(=O)(OCC)C(C)OC(Cc1ccccc1)Oc1c[c]c(F)cc1C#N. The summed E-state index contributed by atoms with van der Waals surface area (Å²) in [7, 11) is -3.54. The van der Waals surface area contributed by atoms with Crippen molar-refractivity contribution in [1.82, 2.24) is 0 Å². The number of nitriles is 1. The highest BCUT2D eigenvalue weighted by molar-refractivity contribution is 7.54. The number of nitrogens with zero attached hydrogens (tertiary/aromatic N) is 1. The van der Waals surface area contributed by atoms with E-state index in [1.54, 1.807) is 20.8 Å². The molecule has 2 unspecified atom stereocenters. The Morgan fingerprint density at radius 2 is 1.86 bits per heavy atom. The van der Waals surface area contributed by atoms with Crippen LogP contribution in [-0.2, 0) is 24.8 Å². The van der Waals surface area contributed by atoms with Crippen molar-refractivity contribution in [2.45, 2.75) is 39.3 Å². The average Bonchev–Trinajstić information content (AvgIpc) is 2.70. The monoisotopic (exact) mass is 420 g/mol. The maximum absolute atomic E-state index is 13.4. The Morgan fingerprint density at radius 1 is 1.21 bits per heavy atom. The van der Waals surface area contributed by atoms with E-state index < -0.39 is 25.5 Å². The zero-order valence-corrected chi connectivity index (χ0v) is 17.5. The van der Waals surface area contributed by atoms with Gasteiger partial charge in [-0.3, -0.25) is 4.57 Å². The van der Waals surface area contributed by atoms with Crippen molar-refractivity contribution < 1.29 is 27.5 Å². The van der Waals surface area contributed by atoms with Crippen molar-refractivity contribution in [2.24, 2.45) is 0 Å². The third kappa shape index (κ3) is 6.66. The zero-order chi connectivity index (χ0) is 21.3. The lowest BCUT2D eigenvalue weighted by Gasteiger charge is -2.28. The van der Waals surface area contributed by atoms with E-state index >= 15 is 0 Å². The smallest absolute Gasteiger partial charge is 0.359 e. The molecule has 0 amide bonds. The van der Waals surface area contributed by atoms with E-state index in [2.05, 4.69) is 6.07 Å². The molecule has 0 saturated heterocycles. The summed E-state index contributed by atoms with van der Waals surface area (Å²) >= 11 is 0. The van der Waals surface area contributed by atoms with Crippen LogP contribution < -0.4 is 4.74 Å². The Labute approximate surface area is 170 Å². The number of ether oxygens (including phenoxy) is 2. The highest BCUT2D eigenvalue weighted by Crippen LogP contribution is 2.53. The fraction of sp³-hybridized carbons (Fsp3) is 0.381. The van der Waals surface area contributed by atoms with Gasteiger partial charge in [0, 0.05) is 12.5 Å². The summed E-state index contributed by atoms with van der Waals surface area (Å²) in [5, 5.41) is 9.26. The molecule has 0 bridgehead atoms. The lowest BCUT2D eigenvalue weighted by molar-refractivity contribution is -0.0958. The molecule has 0 aliphatic heterocycles. The fourth-order valence-corrected chi connectivity index (χ4v) is 4.10. The van der Waals surface area contributed by atoms with Gasteiger partial charge in [-0.05, 0) is 38.5 Å². The highest BCUT2D eigenvalue weighted by Gasteiger charge is 2.35. The minimum absolute atomic E-state index is 0.00774. The van der Waals surface area contributed by atoms with Crippen LogP contribution in [0, 0.1) is 23.2 Å². The van der Waals surface area contributed by atoms with Crippen LogP contribution in [0.3, 0.4) is 0 Å². The average molecular weight is 420 g/mol. The van der Waals surface area contributed by atoms with E-state index in [0.29, 0.717) is 6.42 Å². The Bertz CT molecular complexity index is 861. The fourth-order valence-electron chi connectivity index (χ4n) is 2.60. The standard InChI is InChI=1S/C21H24FNO5P/c1-4-25-29(24,26-5-2)16(3)27-21(13-17-9-7-6-8-10-17)28-20-12-11-19(22)14-18(20)15-23/h6-10,12,14,16,21H,4-5,13H2,1-3H3. The summed E-state index contributed by atoms with van der Waals surface area (Å²) in [5.74, 6) is -1.48. The van der Waals surface area contributed by atoms with E-state index in [1.807, 2.05) is 36.4 Å². The molecule has 2 aromatic rings. The predicted octanol–water partition coefficient (Wildman–Crippen LogP) is 5.07. The lowest BCUT2D eigenvalue weighted by atomic mass is 10.1. The Kier molecular flexibility index (Phi) is 8.81. The molecule has 6 nitrogen and oxygen atoms in total. The molecule has 8 heteroatoms. The van der Waals surface area contributed by atoms with Gasteiger partial charge in [0.2, 0.25) is 6.29 Å². The van der Waals surface area contributed by atoms with Crippen LogP contribution in [0.1, 0.15) is 31.9 Å².